The second-order valence-electron chi connectivity index (χ2n) is 7.86. The summed E-state index contributed by atoms with van der Waals surface area (Å²) in [5.74, 6) is 0.668. The van der Waals surface area contributed by atoms with Gasteiger partial charge in [0.1, 0.15) is 0 Å². The van der Waals surface area contributed by atoms with Crippen LogP contribution in [0.5, 0.6) is 0 Å². The minimum absolute atomic E-state index is 0.138. The van der Waals surface area contributed by atoms with Crippen LogP contribution in [0, 0.1) is 12.8 Å². The molecule has 140 valence electrons. The molecule has 3 saturated heterocycles. The number of amides is 1. The quantitative estimate of drug-likeness (QED) is 0.747. The fourth-order valence-corrected chi connectivity index (χ4v) is 4.55. The predicted octanol–water partition coefficient (Wildman–Crippen LogP) is 2.33. The number of imidazole rings is 2. The molecule has 3 fully saturated rings. The maximum atomic E-state index is 13.2. The number of nitrogens with zero attached hydrogens (tertiary/aromatic N) is 4. The van der Waals surface area contributed by atoms with Gasteiger partial charge in [-0.2, -0.15) is 0 Å². The van der Waals surface area contributed by atoms with Gasteiger partial charge in [0.2, 0.25) is 0 Å². The topological polar surface area (TPSA) is 80.9 Å². The lowest BCUT2D eigenvalue weighted by Gasteiger charge is -2.36. The third-order valence-electron chi connectivity index (χ3n) is 6.02. The van der Waals surface area contributed by atoms with Crippen molar-refractivity contribution in [1.82, 2.24) is 29.7 Å². The lowest BCUT2D eigenvalue weighted by atomic mass is 9.94. The number of rotatable bonds is 3. The normalized spacial score (nSPS) is 23.1. The Hall–Kier alpha value is -2.67. The van der Waals surface area contributed by atoms with Gasteiger partial charge >= 0.3 is 0 Å². The van der Waals surface area contributed by atoms with Gasteiger partial charge in [0.15, 0.2) is 0 Å². The molecule has 1 aromatic carbocycles. The first-order valence-corrected chi connectivity index (χ1v) is 9.62. The van der Waals surface area contributed by atoms with E-state index >= 15 is 0 Å². The van der Waals surface area contributed by atoms with E-state index in [4.69, 9.17) is 0 Å². The molecule has 2 atom stereocenters. The summed E-state index contributed by atoms with van der Waals surface area (Å²) < 4.78 is 0. The molecule has 1 amide bonds. The average molecular weight is 364 g/mol. The summed E-state index contributed by atoms with van der Waals surface area (Å²) in [7, 11) is 0. The molecule has 0 spiro atoms. The van der Waals surface area contributed by atoms with Crippen LogP contribution in [0.1, 0.15) is 34.6 Å². The summed E-state index contributed by atoms with van der Waals surface area (Å²) in [6.07, 6.45) is 5.71. The molecular weight excluding hydrogens is 340 g/mol. The Bertz CT molecular complexity index is 976. The average Bonchev–Trinajstić information content (AvgIpc) is 3.20. The van der Waals surface area contributed by atoms with Crippen LogP contribution in [0.15, 0.2) is 30.9 Å². The molecule has 2 N–H and O–H groups in total. The third kappa shape index (κ3) is 3.02. The number of H-pyrrole nitrogens is 2. The van der Waals surface area contributed by atoms with Crippen molar-refractivity contribution in [2.75, 3.05) is 19.6 Å². The highest BCUT2D eigenvalue weighted by Crippen LogP contribution is 2.30. The molecule has 3 aromatic rings. The van der Waals surface area contributed by atoms with Crippen molar-refractivity contribution in [2.45, 2.75) is 32.4 Å². The largest absolute Gasteiger partial charge is 0.348 e. The SMILES string of the molecule is Cc1[nH]cnc1CN1C[C@@H]2CC[C@H](C1)N(C(=O)c1ccc3nc[nH]c3c1)C2. The fraction of sp³-hybridized carbons (Fsp3) is 0.450. The number of piperidine rings is 1. The molecule has 3 aliphatic rings. The summed E-state index contributed by atoms with van der Waals surface area (Å²) >= 11 is 0. The summed E-state index contributed by atoms with van der Waals surface area (Å²) in [6.45, 7) is 5.72. The van der Waals surface area contributed by atoms with Crippen molar-refractivity contribution in [3.63, 3.8) is 0 Å². The first kappa shape index (κ1) is 16.5. The van der Waals surface area contributed by atoms with Crippen LogP contribution in [0.3, 0.4) is 0 Å². The van der Waals surface area contributed by atoms with E-state index in [0.717, 1.165) is 60.6 Å². The monoisotopic (exact) mass is 364 g/mol. The van der Waals surface area contributed by atoms with Crippen molar-refractivity contribution in [3.8, 4) is 0 Å². The van der Waals surface area contributed by atoms with Crippen LogP contribution in [0.4, 0.5) is 0 Å². The fourth-order valence-electron chi connectivity index (χ4n) is 4.55. The van der Waals surface area contributed by atoms with Gasteiger partial charge in [0.25, 0.3) is 5.91 Å². The minimum atomic E-state index is 0.138. The molecule has 0 aliphatic carbocycles. The summed E-state index contributed by atoms with van der Waals surface area (Å²) in [5, 5.41) is 0. The van der Waals surface area contributed by atoms with Crippen LogP contribution in [-0.4, -0.2) is 61.3 Å². The smallest absolute Gasteiger partial charge is 0.254 e. The third-order valence-corrected chi connectivity index (χ3v) is 6.02. The predicted molar refractivity (Wildman–Crippen MR) is 102 cm³/mol. The van der Waals surface area contributed by atoms with Crippen molar-refractivity contribution < 1.29 is 4.79 Å². The highest BCUT2D eigenvalue weighted by atomic mass is 16.2. The van der Waals surface area contributed by atoms with E-state index in [-0.39, 0.29) is 11.9 Å². The van der Waals surface area contributed by atoms with Gasteiger partial charge in [-0.15, -0.1) is 0 Å². The Balaban J connectivity index is 1.36. The molecule has 2 aromatic heterocycles. The number of hydrogen-bond donors (Lipinski definition) is 2. The second kappa shape index (κ2) is 6.49. The number of benzene rings is 1. The molecule has 3 aliphatic heterocycles. The number of aryl methyl sites for hydroxylation is 1. The Kier molecular flexibility index (Phi) is 3.97. The van der Waals surface area contributed by atoms with Crippen molar-refractivity contribution in [3.05, 3.63) is 47.8 Å². The van der Waals surface area contributed by atoms with Gasteiger partial charge in [-0.1, -0.05) is 0 Å². The van der Waals surface area contributed by atoms with E-state index in [2.05, 4.69) is 36.7 Å². The summed E-state index contributed by atoms with van der Waals surface area (Å²) in [6, 6.07) is 6.01. The van der Waals surface area contributed by atoms with E-state index < -0.39 is 0 Å². The minimum Gasteiger partial charge on any atom is -0.348 e. The van der Waals surface area contributed by atoms with Crippen molar-refractivity contribution in [1.29, 1.82) is 0 Å². The van der Waals surface area contributed by atoms with Gasteiger partial charge in [-0.05, 0) is 43.9 Å². The van der Waals surface area contributed by atoms with Crippen molar-refractivity contribution >= 4 is 16.9 Å². The second-order valence-corrected chi connectivity index (χ2v) is 7.86. The summed E-state index contributed by atoms with van der Waals surface area (Å²) in [4.78, 5) is 32.8. The van der Waals surface area contributed by atoms with Crippen LogP contribution < -0.4 is 0 Å². The highest BCUT2D eigenvalue weighted by molar-refractivity contribution is 5.97. The molecular formula is C20H24N6O. The van der Waals surface area contributed by atoms with Crippen LogP contribution in [-0.2, 0) is 6.54 Å². The molecule has 7 nitrogen and oxygen atoms in total. The molecule has 0 saturated carbocycles. The van der Waals surface area contributed by atoms with Crippen LogP contribution in [0.25, 0.3) is 11.0 Å². The zero-order valence-corrected chi connectivity index (χ0v) is 15.5. The van der Waals surface area contributed by atoms with E-state index in [1.165, 1.54) is 6.42 Å². The van der Waals surface area contributed by atoms with Gasteiger partial charge in [0, 0.05) is 43.5 Å². The maximum absolute atomic E-state index is 13.2. The Morgan fingerprint density at radius 2 is 2.04 bits per heavy atom. The van der Waals surface area contributed by atoms with Gasteiger partial charge in [-0.3, -0.25) is 9.69 Å². The standard InChI is InChI=1S/C20H24N6O/c1-13-19(24-11-21-13)10-25-7-14-2-4-16(9-25)26(8-14)20(27)15-3-5-17-18(6-15)23-12-22-17/h3,5-6,11-12,14,16H,2,4,7-10H2,1H3,(H,21,24)(H,22,23)/t14-,16+/m0/s1. The molecule has 6 rings (SSSR count). The zero-order valence-electron chi connectivity index (χ0n) is 15.5. The molecule has 5 heterocycles. The maximum Gasteiger partial charge on any atom is 0.254 e. The van der Waals surface area contributed by atoms with E-state index in [1.807, 2.05) is 18.2 Å². The zero-order chi connectivity index (χ0) is 18.4. The number of aromatic amines is 2. The van der Waals surface area contributed by atoms with Gasteiger partial charge in [-0.25, -0.2) is 9.97 Å². The number of nitrogens with one attached hydrogen (secondary N) is 2. The van der Waals surface area contributed by atoms with Crippen LogP contribution >= 0.6 is 0 Å². The number of hydrogen-bond acceptors (Lipinski definition) is 4. The highest BCUT2D eigenvalue weighted by Gasteiger charge is 2.37. The molecule has 27 heavy (non-hydrogen) atoms. The van der Waals surface area contributed by atoms with E-state index in [0.29, 0.717) is 5.92 Å². The van der Waals surface area contributed by atoms with Gasteiger partial charge in [0.05, 0.1) is 29.4 Å². The number of aromatic nitrogens is 4. The summed E-state index contributed by atoms with van der Waals surface area (Å²) in [5.41, 5.74) is 4.79. The lowest BCUT2D eigenvalue weighted by Crippen LogP contribution is -2.47. The first-order valence-electron chi connectivity index (χ1n) is 9.62. The van der Waals surface area contributed by atoms with E-state index in [9.17, 15) is 4.79 Å². The Morgan fingerprint density at radius 3 is 2.89 bits per heavy atom. The van der Waals surface area contributed by atoms with Crippen LogP contribution in [0.2, 0.25) is 0 Å². The number of carbonyl (C=O) groups is 1. The first-order chi connectivity index (χ1) is 13.2. The molecule has 0 radical (unpaired) electrons. The Morgan fingerprint density at radius 1 is 1.15 bits per heavy atom. The lowest BCUT2D eigenvalue weighted by molar-refractivity contribution is 0.0585. The molecule has 0 unspecified atom stereocenters. The van der Waals surface area contributed by atoms with Crippen molar-refractivity contribution in [2.24, 2.45) is 5.92 Å². The van der Waals surface area contributed by atoms with E-state index in [1.54, 1.807) is 12.7 Å². The number of fused-ring (bicyclic) bond motifs is 5. The van der Waals surface area contributed by atoms with Gasteiger partial charge < -0.3 is 14.9 Å². The Labute approximate surface area is 157 Å². The molecule has 7 heteroatoms. The number of carbonyl (C=O) groups excluding carboxylic acids is 1. The molecule has 2 bridgehead atoms.